The first-order valence-corrected chi connectivity index (χ1v) is 9.97. The van der Waals surface area contributed by atoms with Gasteiger partial charge in [-0.1, -0.05) is 12.8 Å². The van der Waals surface area contributed by atoms with Gasteiger partial charge in [0.2, 0.25) is 0 Å². The summed E-state index contributed by atoms with van der Waals surface area (Å²) in [4.78, 5) is 0. The molecule has 2 atom stereocenters. The summed E-state index contributed by atoms with van der Waals surface area (Å²) < 4.78 is 28.3. The van der Waals surface area contributed by atoms with Gasteiger partial charge in [0.05, 0.1) is 6.10 Å². The number of hydrogen-bond donors (Lipinski definition) is 1. The van der Waals surface area contributed by atoms with Crippen LogP contribution in [0.3, 0.4) is 0 Å². The monoisotopic (exact) mass is 381 g/mol. The molecular weight excluding hydrogens is 362 g/mol. The van der Waals surface area contributed by atoms with E-state index in [1.165, 1.54) is 11.3 Å². The van der Waals surface area contributed by atoms with Crippen LogP contribution in [0, 0.1) is 0 Å². The number of rotatable bonds is 4. The number of aliphatic hydroxyl groups is 1. The lowest BCUT2D eigenvalue weighted by Crippen LogP contribution is -2.41. The Morgan fingerprint density at radius 2 is 2.25 bits per heavy atom. The molecule has 1 saturated heterocycles. The highest BCUT2D eigenvalue weighted by Crippen LogP contribution is 2.34. The fourth-order valence-corrected chi connectivity index (χ4v) is 6.80. The Morgan fingerprint density at radius 1 is 1.50 bits per heavy atom. The van der Waals surface area contributed by atoms with E-state index in [9.17, 15) is 13.5 Å². The van der Waals surface area contributed by atoms with Crippen LogP contribution >= 0.6 is 27.3 Å². The van der Waals surface area contributed by atoms with E-state index in [4.69, 9.17) is 0 Å². The molecule has 0 spiro atoms. The fourth-order valence-electron chi connectivity index (χ4n) is 2.67. The second-order valence-corrected chi connectivity index (χ2v) is 9.12. The third-order valence-electron chi connectivity index (χ3n) is 3.56. The summed E-state index contributed by atoms with van der Waals surface area (Å²) in [6, 6.07) is 1.66. The lowest BCUT2D eigenvalue weighted by atomic mass is 10.1. The van der Waals surface area contributed by atoms with Crippen molar-refractivity contribution in [1.82, 2.24) is 4.31 Å². The normalized spacial score (nSPS) is 23.4. The summed E-state index contributed by atoms with van der Waals surface area (Å²) in [7, 11) is -3.47. The first-order chi connectivity index (χ1) is 9.43. The van der Waals surface area contributed by atoms with E-state index in [2.05, 4.69) is 15.9 Å². The maximum absolute atomic E-state index is 12.8. The van der Waals surface area contributed by atoms with E-state index >= 15 is 0 Å². The second-order valence-electron chi connectivity index (χ2n) is 5.26. The summed E-state index contributed by atoms with van der Waals surface area (Å²) in [5.74, 6) is 0. The molecule has 1 N–H and O–H groups in total. The van der Waals surface area contributed by atoms with E-state index in [1.54, 1.807) is 22.7 Å². The number of sulfonamides is 1. The Bertz CT molecular complexity index is 542. The smallest absolute Gasteiger partial charge is 0.253 e. The summed E-state index contributed by atoms with van der Waals surface area (Å²) in [6.07, 6.45) is 3.80. The van der Waals surface area contributed by atoms with Crippen molar-refractivity contribution in [1.29, 1.82) is 0 Å². The van der Waals surface area contributed by atoms with Gasteiger partial charge in [-0.25, -0.2) is 8.42 Å². The molecule has 1 aliphatic heterocycles. The summed E-state index contributed by atoms with van der Waals surface area (Å²) in [5, 5.41) is 11.4. The van der Waals surface area contributed by atoms with Crippen LogP contribution < -0.4 is 0 Å². The van der Waals surface area contributed by atoms with Gasteiger partial charge in [0, 0.05) is 17.1 Å². The molecular formula is C13H20BrNO3S2. The predicted molar refractivity (Wildman–Crippen MR) is 84.5 cm³/mol. The van der Waals surface area contributed by atoms with Crippen molar-refractivity contribution in [2.45, 2.75) is 55.4 Å². The molecule has 1 aromatic heterocycles. The third kappa shape index (κ3) is 3.62. The summed E-state index contributed by atoms with van der Waals surface area (Å²) in [5.41, 5.74) is 0. The third-order valence-corrected chi connectivity index (χ3v) is 8.16. The topological polar surface area (TPSA) is 57.6 Å². The van der Waals surface area contributed by atoms with Gasteiger partial charge in [-0.3, -0.25) is 0 Å². The Kier molecular flexibility index (Phi) is 5.64. The van der Waals surface area contributed by atoms with Crippen LogP contribution in [-0.2, 0) is 10.0 Å². The van der Waals surface area contributed by atoms with Gasteiger partial charge in [-0.05, 0) is 53.6 Å². The summed E-state index contributed by atoms with van der Waals surface area (Å²) in [6.45, 7) is 2.26. The van der Waals surface area contributed by atoms with Gasteiger partial charge in [0.15, 0.2) is 0 Å². The van der Waals surface area contributed by atoms with E-state index in [1.807, 2.05) is 0 Å². The molecule has 1 fully saturated rings. The van der Waals surface area contributed by atoms with Crippen LogP contribution in [0.15, 0.2) is 20.1 Å². The molecule has 2 unspecified atom stereocenters. The van der Waals surface area contributed by atoms with Crippen LogP contribution in [-0.4, -0.2) is 36.5 Å². The van der Waals surface area contributed by atoms with Gasteiger partial charge in [-0.2, -0.15) is 4.31 Å². The average Bonchev–Trinajstić information content (AvgIpc) is 2.65. The van der Waals surface area contributed by atoms with E-state index < -0.39 is 16.1 Å². The van der Waals surface area contributed by atoms with Crippen molar-refractivity contribution in [3.05, 3.63) is 15.9 Å². The molecule has 0 aromatic carbocycles. The number of thiophene rings is 1. The molecule has 2 rings (SSSR count). The van der Waals surface area contributed by atoms with Crippen molar-refractivity contribution in [3.63, 3.8) is 0 Å². The molecule has 1 aliphatic rings. The van der Waals surface area contributed by atoms with Crippen LogP contribution in [0.1, 0.15) is 39.0 Å². The van der Waals surface area contributed by atoms with E-state index in [-0.39, 0.29) is 6.04 Å². The lowest BCUT2D eigenvalue weighted by Gasteiger charge is -2.29. The first-order valence-electron chi connectivity index (χ1n) is 6.86. The van der Waals surface area contributed by atoms with Gasteiger partial charge in [0.1, 0.15) is 4.21 Å². The average molecular weight is 382 g/mol. The highest BCUT2D eigenvalue weighted by atomic mass is 79.9. The van der Waals surface area contributed by atoms with Gasteiger partial charge in [-0.15, -0.1) is 11.3 Å². The molecule has 0 aliphatic carbocycles. The highest BCUT2D eigenvalue weighted by Gasteiger charge is 2.34. The number of hydrogen-bond acceptors (Lipinski definition) is 4. The Hall–Kier alpha value is 0.0500. The molecule has 0 radical (unpaired) electrons. The molecule has 1 aromatic rings. The minimum atomic E-state index is -3.47. The van der Waals surface area contributed by atoms with E-state index in [0.29, 0.717) is 21.6 Å². The fraction of sp³-hybridized carbons (Fsp3) is 0.692. The van der Waals surface area contributed by atoms with Crippen molar-refractivity contribution >= 4 is 37.3 Å². The van der Waals surface area contributed by atoms with Crippen LogP contribution in [0.2, 0.25) is 0 Å². The van der Waals surface area contributed by atoms with Crippen molar-refractivity contribution in [3.8, 4) is 0 Å². The molecule has 7 heteroatoms. The lowest BCUT2D eigenvalue weighted by molar-refractivity contribution is 0.147. The molecule has 0 amide bonds. The minimum Gasteiger partial charge on any atom is -0.393 e. The molecule has 114 valence electrons. The Morgan fingerprint density at radius 3 is 2.85 bits per heavy atom. The largest absolute Gasteiger partial charge is 0.393 e. The van der Waals surface area contributed by atoms with E-state index in [0.717, 1.165) is 25.7 Å². The van der Waals surface area contributed by atoms with Crippen molar-refractivity contribution in [2.24, 2.45) is 0 Å². The van der Waals surface area contributed by atoms with Crippen LogP contribution in [0.25, 0.3) is 0 Å². The number of nitrogens with zero attached hydrogens (tertiary/aromatic N) is 1. The Labute approximate surface area is 133 Å². The quantitative estimate of drug-likeness (QED) is 0.870. The minimum absolute atomic E-state index is 0.100. The van der Waals surface area contributed by atoms with Crippen LogP contribution in [0.5, 0.6) is 0 Å². The molecule has 4 nitrogen and oxygen atoms in total. The number of aliphatic hydroxyl groups excluding tert-OH is 1. The summed E-state index contributed by atoms with van der Waals surface area (Å²) >= 11 is 4.55. The number of halogens is 1. The highest BCUT2D eigenvalue weighted by molar-refractivity contribution is 9.10. The van der Waals surface area contributed by atoms with Crippen LogP contribution in [0.4, 0.5) is 0 Å². The molecule has 20 heavy (non-hydrogen) atoms. The van der Waals surface area contributed by atoms with Crippen molar-refractivity contribution < 1.29 is 13.5 Å². The zero-order chi connectivity index (χ0) is 14.8. The first kappa shape index (κ1) is 16.4. The zero-order valence-corrected chi connectivity index (χ0v) is 14.7. The molecule has 0 bridgehead atoms. The molecule has 0 saturated carbocycles. The van der Waals surface area contributed by atoms with Gasteiger partial charge >= 0.3 is 0 Å². The predicted octanol–water partition coefficient (Wildman–Crippen LogP) is 3.21. The second kappa shape index (κ2) is 6.87. The van der Waals surface area contributed by atoms with Gasteiger partial charge in [0.25, 0.3) is 10.0 Å². The SMILES string of the molecule is CC(O)CC1CCCCCN1S(=O)(=O)c1sccc1Br. The maximum atomic E-state index is 12.8. The Balaban J connectivity index is 2.32. The zero-order valence-electron chi connectivity index (χ0n) is 11.5. The maximum Gasteiger partial charge on any atom is 0.253 e. The van der Waals surface area contributed by atoms with Crippen molar-refractivity contribution in [2.75, 3.05) is 6.54 Å². The van der Waals surface area contributed by atoms with Gasteiger partial charge < -0.3 is 5.11 Å². The molecule has 2 heterocycles. The standard InChI is InChI=1S/C13H20BrNO3S2/c1-10(16)9-11-5-3-2-4-7-15(11)20(17,18)13-12(14)6-8-19-13/h6,8,10-11,16H,2-5,7,9H2,1H3.